The average Bonchev–Trinajstić information content (AvgIpc) is 3.14. The largest absolute Gasteiger partial charge is 0.350 e. The Bertz CT molecular complexity index is 796. The van der Waals surface area contributed by atoms with Crippen LogP contribution in [-0.4, -0.2) is 33.7 Å². The van der Waals surface area contributed by atoms with Crippen molar-refractivity contribution in [2.24, 2.45) is 5.92 Å². The van der Waals surface area contributed by atoms with E-state index >= 15 is 0 Å². The van der Waals surface area contributed by atoms with Crippen molar-refractivity contribution in [1.29, 1.82) is 0 Å². The maximum absolute atomic E-state index is 14.0. The molecule has 0 radical (unpaired) electrons. The van der Waals surface area contributed by atoms with Crippen LogP contribution in [0.15, 0.2) is 11.0 Å². The van der Waals surface area contributed by atoms with Crippen molar-refractivity contribution in [2.45, 2.75) is 25.1 Å². The number of nitrogens with zero attached hydrogens (tertiary/aromatic N) is 3. The van der Waals surface area contributed by atoms with Crippen molar-refractivity contribution in [3.8, 4) is 0 Å². The Morgan fingerprint density at radius 3 is 3.10 bits per heavy atom. The third-order valence-corrected chi connectivity index (χ3v) is 4.52. The summed E-state index contributed by atoms with van der Waals surface area (Å²) in [6, 6.07) is -0.269. The molecule has 1 aliphatic heterocycles. The number of aromatic nitrogens is 3. The van der Waals surface area contributed by atoms with Crippen LogP contribution in [0, 0.1) is 11.7 Å². The minimum absolute atomic E-state index is 0.0139. The van der Waals surface area contributed by atoms with Crippen molar-refractivity contribution < 1.29 is 8.78 Å². The Morgan fingerprint density at radius 2 is 2.29 bits per heavy atom. The zero-order valence-electron chi connectivity index (χ0n) is 10.8. The maximum atomic E-state index is 14.0. The van der Waals surface area contributed by atoms with Crippen LogP contribution in [0.2, 0.25) is 5.15 Å². The lowest BCUT2D eigenvalue weighted by Gasteiger charge is -2.27. The van der Waals surface area contributed by atoms with Crippen LogP contribution in [0.3, 0.4) is 0 Å². The summed E-state index contributed by atoms with van der Waals surface area (Å²) in [4.78, 5) is 23.4. The first-order chi connectivity index (χ1) is 10.1. The van der Waals surface area contributed by atoms with Gasteiger partial charge in [-0.3, -0.25) is 0 Å². The van der Waals surface area contributed by atoms with Crippen LogP contribution < -0.4 is 10.6 Å². The van der Waals surface area contributed by atoms with Gasteiger partial charge in [0.1, 0.15) is 12.0 Å². The minimum Gasteiger partial charge on any atom is -0.350 e. The fourth-order valence-electron chi connectivity index (χ4n) is 3.21. The Morgan fingerprint density at radius 1 is 1.48 bits per heavy atom. The Labute approximate surface area is 123 Å². The van der Waals surface area contributed by atoms with Gasteiger partial charge in [-0.1, -0.05) is 11.6 Å². The number of aromatic amines is 1. The van der Waals surface area contributed by atoms with Crippen molar-refractivity contribution in [3.63, 3.8) is 0 Å². The zero-order valence-corrected chi connectivity index (χ0v) is 11.6. The average molecular weight is 313 g/mol. The number of H-pyrrole nitrogens is 1. The van der Waals surface area contributed by atoms with Gasteiger partial charge < -0.3 is 9.88 Å². The molecule has 3 heterocycles. The molecule has 8 heteroatoms. The number of anilines is 1. The molecule has 2 aromatic heterocycles. The molecule has 0 bridgehead atoms. The Kier molecular flexibility index (Phi) is 2.69. The number of nitrogens with one attached hydrogen (secondary N) is 1. The summed E-state index contributed by atoms with van der Waals surface area (Å²) >= 11 is 5.64. The Balaban J connectivity index is 1.93. The highest BCUT2D eigenvalue weighted by molar-refractivity contribution is 6.30. The summed E-state index contributed by atoms with van der Waals surface area (Å²) in [5.74, 6) is -0.525. The fourth-order valence-corrected chi connectivity index (χ4v) is 3.35. The first-order valence-corrected chi connectivity index (χ1v) is 7.10. The van der Waals surface area contributed by atoms with Gasteiger partial charge in [0.25, 0.3) is 0 Å². The number of alkyl halides is 1. The second-order valence-electron chi connectivity index (χ2n) is 5.45. The lowest BCUT2D eigenvalue weighted by Crippen LogP contribution is -2.34. The van der Waals surface area contributed by atoms with Gasteiger partial charge in [-0.2, -0.15) is 4.98 Å². The van der Waals surface area contributed by atoms with Crippen LogP contribution in [0.25, 0.3) is 10.9 Å². The molecule has 1 aliphatic carbocycles. The molecule has 0 amide bonds. The molecule has 1 N–H and O–H groups in total. The normalized spacial score (nSPS) is 27.8. The molecule has 110 valence electrons. The molecular formula is C13H11ClF2N4O. The lowest BCUT2D eigenvalue weighted by molar-refractivity contribution is 0.438. The second-order valence-corrected chi connectivity index (χ2v) is 5.81. The van der Waals surface area contributed by atoms with E-state index in [1.165, 1.54) is 6.20 Å². The van der Waals surface area contributed by atoms with E-state index in [1.54, 1.807) is 4.90 Å². The highest BCUT2D eigenvalue weighted by Gasteiger charge is 2.56. The van der Waals surface area contributed by atoms with Gasteiger partial charge in [-0.05, 0) is 12.8 Å². The molecule has 4 rings (SSSR count). The predicted octanol–water partition coefficient (Wildman–Crippen LogP) is 2.05. The molecule has 3 atom stereocenters. The van der Waals surface area contributed by atoms with Gasteiger partial charge >= 0.3 is 5.69 Å². The van der Waals surface area contributed by atoms with E-state index in [0.29, 0.717) is 11.9 Å². The number of hydrogen-bond donors (Lipinski definition) is 1. The van der Waals surface area contributed by atoms with E-state index in [1.807, 2.05) is 0 Å². The van der Waals surface area contributed by atoms with E-state index in [4.69, 9.17) is 11.6 Å². The van der Waals surface area contributed by atoms with E-state index in [0.717, 1.165) is 12.8 Å². The van der Waals surface area contributed by atoms with Gasteiger partial charge in [-0.25, -0.2) is 18.6 Å². The molecule has 2 aliphatic rings. The molecule has 0 aromatic carbocycles. The molecule has 1 saturated carbocycles. The van der Waals surface area contributed by atoms with E-state index < -0.39 is 17.7 Å². The molecule has 2 fully saturated rings. The lowest BCUT2D eigenvalue weighted by atomic mass is 10.1. The Hall–Kier alpha value is -1.76. The first-order valence-electron chi connectivity index (χ1n) is 6.72. The molecule has 0 spiro atoms. The number of piperidine rings is 1. The van der Waals surface area contributed by atoms with Gasteiger partial charge in [0.05, 0.1) is 16.9 Å². The van der Waals surface area contributed by atoms with Crippen LogP contribution in [0.1, 0.15) is 12.8 Å². The standard InChI is InChI=1S/C13H11ClF2N4O/c14-11-8(16)9-6(4-17-11)12(19-13(21)18-9)20-3-1-2-5-7(15)10(5)20/h4-5,7,10H,1-3H2,(H,18,19,21). The van der Waals surface area contributed by atoms with Gasteiger partial charge in [-0.15, -0.1) is 0 Å². The SMILES string of the molecule is O=c1nc(N2CCCC3C(F)C32)c2cnc(Cl)c(F)c2[nH]1. The maximum Gasteiger partial charge on any atom is 0.347 e. The number of rotatable bonds is 1. The first kappa shape index (κ1) is 12.9. The van der Waals surface area contributed by atoms with Crippen molar-refractivity contribution in [2.75, 3.05) is 11.4 Å². The van der Waals surface area contributed by atoms with Gasteiger partial charge in [0.2, 0.25) is 0 Å². The number of halogens is 3. The van der Waals surface area contributed by atoms with E-state index in [2.05, 4.69) is 15.0 Å². The molecule has 5 nitrogen and oxygen atoms in total. The topological polar surface area (TPSA) is 61.9 Å². The van der Waals surface area contributed by atoms with E-state index in [9.17, 15) is 13.6 Å². The zero-order chi connectivity index (χ0) is 14.7. The molecule has 3 unspecified atom stereocenters. The predicted molar refractivity (Wildman–Crippen MR) is 73.9 cm³/mol. The third kappa shape index (κ3) is 1.83. The quantitative estimate of drug-likeness (QED) is 0.819. The summed E-state index contributed by atoms with van der Waals surface area (Å²) < 4.78 is 27.8. The van der Waals surface area contributed by atoms with Crippen molar-refractivity contribution >= 4 is 28.3 Å². The molecule has 1 saturated heterocycles. The summed E-state index contributed by atoms with van der Waals surface area (Å²) in [6.45, 7) is 0.595. The van der Waals surface area contributed by atoms with E-state index in [-0.39, 0.29) is 28.4 Å². The monoisotopic (exact) mass is 312 g/mol. The third-order valence-electron chi connectivity index (χ3n) is 4.26. The second kappa shape index (κ2) is 4.37. The van der Waals surface area contributed by atoms with Crippen molar-refractivity contribution in [1.82, 2.24) is 15.0 Å². The highest BCUT2D eigenvalue weighted by Crippen LogP contribution is 2.47. The fraction of sp³-hybridized carbons (Fsp3) is 0.462. The summed E-state index contributed by atoms with van der Waals surface area (Å²) in [5.41, 5.74) is -0.722. The molecule has 21 heavy (non-hydrogen) atoms. The number of hydrogen-bond acceptors (Lipinski definition) is 4. The summed E-state index contributed by atoms with van der Waals surface area (Å²) in [6.07, 6.45) is 2.11. The number of pyridine rings is 1. The molecule has 2 aromatic rings. The van der Waals surface area contributed by atoms with Crippen LogP contribution >= 0.6 is 11.6 Å². The summed E-state index contributed by atoms with van der Waals surface area (Å²) in [7, 11) is 0. The number of fused-ring (bicyclic) bond motifs is 2. The highest BCUT2D eigenvalue weighted by atomic mass is 35.5. The van der Waals surface area contributed by atoms with Crippen LogP contribution in [0.5, 0.6) is 0 Å². The smallest absolute Gasteiger partial charge is 0.347 e. The van der Waals surface area contributed by atoms with Crippen LogP contribution in [-0.2, 0) is 0 Å². The van der Waals surface area contributed by atoms with Crippen molar-refractivity contribution in [3.05, 3.63) is 27.7 Å². The van der Waals surface area contributed by atoms with Gasteiger partial charge in [0, 0.05) is 18.7 Å². The van der Waals surface area contributed by atoms with Gasteiger partial charge in [0.15, 0.2) is 11.0 Å². The minimum atomic E-state index is -0.909. The molecular weight excluding hydrogens is 302 g/mol. The van der Waals surface area contributed by atoms with Crippen LogP contribution in [0.4, 0.5) is 14.6 Å². The summed E-state index contributed by atoms with van der Waals surface area (Å²) in [5, 5.41) is 0.0258.